The molecular formula is C12H15BrN2OS. The Hall–Kier alpha value is -0.940. The lowest BCUT2D eigenvalue weighted by Gasteiger charge is -2.20. The summed E-state index contributed by atoms with van der Waals surface area (Å²) in [6.07, 6.45) is 0. The maximum atomic E-state index is 12.2. The number of carbonyl (C=O) groups excluding carboxylic acids is 1. The first-order valence-electron chi connectivity index (χ1n) is 5.28. The molecule has 0 saturated heterocycles. The van der Waals surface area contributed by atoms with Crippen LogP contribution in [0.1, 0.15) is 22.8 Å². The van der Waals surface area contributed by atoms with Gasteiger partial charge in [0, 0.05) is 16.6 Å². The number of amides is 1. The maximum Gasteiger partial charge on any atom is 0.254 e. The van der Waals surface area contributed by atoms with Gasteiger partial charge in [0.25, 0.3) is 5.91 Å². The molecule has 0 fully saturated rings. The van der Waals surface area contributed by atoms with Gasteiger partial charge in [0.1, 0.15) is 0 Å². The van der Waals surface area contributed by atoms with Gasteiger partial charge in [0.15, 0.2) is 0 Å². The number of nitrogens with zero attached hydrogens (tertiary/aromatic N) is 1. The van der Waals surface area contributed by atoms with Crippen molar-refractivity contribution in [3.63, 3.8) is 0 Å². The third kappa shape index (κ3) is 4.09. The first-order chi connectivity index (χ1) is 7.93. The average Bonchev–Trinajstić information content (AvgIpc) is 2.23. The molecular weight excluding hydrogens is 300 g/mol. The summed E-state index contributed by atoms with van der Waals surface area (Å²) in [7, 11) is 0. The Labute approximate surface area is 115 Å². The predicted octanol–water partition coefficient (Wildman–Crippen LogP) is 2.51. The van der Waals surface area contributed by atoms with Crippen molar-refractivity contribution in [1.82, 2.24) is 4.90 Å². The molecule has 0 atom stereocenters. The van der Waals surface area contributed by atoms with Crippen molar-refractivity contribution in [1.29, 1.82) is 0 Å². The summed E-state index contributed by atoms with van der Waals surface area (Å²) in [5.41, 5.74) is 7.16. The molecule has 0 bridgehead atoms. The molecule has 1 aromatic rings. The molecule has 0 unspecified atom stereocenters. The molecule has 5 heteroatoms. The molecule has 0 aliphatic heterocycles. The van der Waals surface area contributed by atoms with E-state index in [1.165, 1.54) is 0 Å². The Morgan fingerprint density at radius 3 is 2.59 bits per heavy atom. The van der Waals surface area contributed by atoms with Gasteiger partial charge in [-0.05, 0) is 37.6 Å². The van der Waals surface area contributed by atoms with Crippen molar-refractivity contribution in [3.8, 4) is 0 Å². The Morgan fingerprint density at radius 2 is 2.12 bits per heavy atom. The molecule has 0 aliphatic rings. The van der Waals surface area contributed by atoms with E-state index >= 15 is 0 Å². The zero-order valence-corrected chi connectivity index (χ0v) is 12.3. The van der Waals surface area contributed by atoms with Gasteiger partial charge in [-0.25, -0.2) is 0 Å². The van der Waals surface area contributed by atoms with Gasteiger partial charge < -0.3 is 10.6 Å². The van der Waals surface area contributed by atoms with Crippen LogP contribution in [0.5, 0.6) is 0 Å². The lowest BCUT2D eigenvalue weighted by atomic mass is 10.1. The number of hydrogen-bond acceptors (Lipinski definition) is 2. The Bertz CT molecular complexity index is 428. The minimum absolute atomic E-state index is 0.0512. The maximum absolute atomic E-state index is 12.2. The van der Waals surface area contributed by atoms with Gasteiger partial charge in [-0.1, -0.05) is 28.1 Å². The molecule has 1 aromatic carbocycles. The van der Waals surface area contributed by atoms with Crippen LogP contribution in [0.2, 0.25) is 0 Å². The van der Waals surface area contributed by atoms with Crippen molar-refractivity contribution in [3.05, 3.63) is 33.8 Å². The Kier molecular flexibility index (Phi) is 5.08. The van der Waals surface area contributed by atoms with E-state index in [-0.39, 0.29) is 5.91 Å². The average molecular weight is 315 g/mol. The van der Waals surface area contributed by atoms with Crippen LogP contribution >= 0.6 is 28.1 Å². The van der Waals surface area contributed by atoms with E-state index in [0.717, 1.165) is 10.0 Å². The number of thiocarbonyl (C=S) groups is 1. The molecule has 0 aromatic heterocycles. The van der Waals surface area contributed by atoms with E-state index in [1.807, 2.05) is 26.0 Å². The predicted molar refractivity (Wildman–Crippen MR) is 77.2 cm³/mol. The lowest BCUT2D eigenvalue weighted by molar-refractivity contribution is 0.0787. The van der Waals surface area contributed by atoms with Crippen LogP contribution in [0.15, 0.2) is 22.7 Å². The number of halogens is 1. The van der Waals surface area contributed by atoms with Gasteiger partial charge in [-0.15, -0.1) is 0 Å². The summed E-state index contributed by atoms with van der Waals surface area (Å²) < 4.78 is 0.896. The SMILES string of the molecule is CCN(CC(N)=S)C(=O)c1cc(C)cc(Br)c1. The topological polar surface area (TPSA) is 46.3 Å². The van der Waals surface area contributed by atoms with Crippen molar-refractivity contribution < 1.29 is 4.79 Å². The highest BCUT2D eigenvalue weighted by Gasteiger charge is 2.15. The monoisotopic (exact) mass is 314 g/mol. The fraction of sp³-hybridized carbons (Fsp3) is 0.333. The molecule has 1 amide bonds. The number of likely N-dealkylation sites (N-methyl/N-ethyl adjacent to an activating group) is 1. The van der Waals surface area contributed by atoms with Crippen molar-refractivity contribution >= 4 is 39.0 Å². The number of aryl methyl sites for hydroxylation is 1. The fourth-order valence-electron chi connectivity index (χ4n) is 1.56. The minimum Gasteiger partial charge on any atom is -0.392 e. The molecule has 0 saturated carbocycles. The van der Waals surface area contributed by atoms with Crippen LogP contribution in [-0.2, 0) is 0 Å². The number of benzene rings is 1. The van der Waals surface area contributed by atoms with Crippen molar-refractivity contribution in [2.75, 3.05) is 13.1 Å². The molecule has 0 aliphatic carbocycles. The van der Waals surface area contributed by atoms with Gasteiger partial charge in [-0.3, -0.25) is 4.79 Å². The van der Waals surface area contributed by atoms with E-state index in [9.17, 15) is 4.79 Å². The zero-order chi connectivity index (χ0) is 13.0. The standard InChI is InChI=1S/C12H15BrN2OS/c1-3-15(7-11(14)17)12(16)9-4-8(2)5-10(13)6-9/h4-6H,3,7H2,1-2H3,(H2,14,17). The Balaban J connectivity index is 2.97. The largest absolute Gasteiger partial charge is 0.392 e. The molecule has 17 heavy (non-hydrogen) atoms. The molecule has 92 valence electrons. The summed E-state index contributed by atoms with van der Waals surface area (Å²) in [6.45, 7) is 4.75. The van der Waals surface area contributed by atoms with Crippen LogP contribution in [-0.4, -0.2) is 28.9 Å². The van der Waals surface area contributed by atoms with Gasteiger partial charge in [0.05, 0.1) is 11.5 Å². The van der Waals surface area contributed by atoms with E-state index in [1.54, 1.807) is 11.0 Å². The normalized spacial score (nSPS) is 10.1. The molecule has 1 rings (SSSR count). The highest BCUT2D eigenvalue weighted by molar-refractivity contribution is 9.10. The number of carbonyl (C=O) groups is 1. The molecule has 0 heterocycles. The van der Waals surface area contributed by atoms with E-state index in [4.69, 9.17) is 18.0 Å². The van der Waals surface area contributed by atoms with Gasteiger partial charge in [-0.2, -0.15) is 0 Å². The second-order valence-corrected chi connectivity index (χ2v) is 5.24. The first kappa shape index (κ1) is 14.1. The minimum atomic E-state index is -0.0512. The smallest absolute Gasteiger partial charge is 0.254 e. The van der Waals surface area contributed by atoms with Crippen LogP contribution < -0.4 is 5.73 Å². The van der Waals surface area contributed by atoms with Crippen molar-refractivity contribution in [2.24, 2.45) is 5.73 Å². The zero-order valence-electron chi connectivity index (χ0n) is 9.87. The second kappa shape index (κ2) is 6.12. The summed E-state index contributed by atoms with van der Waals surface area (Å²) in [5, 5.41) is 0. The number of hydrogen-bond donors (Lipinski definition) is 1. The number of rotatable bonds is 4. The van der Waals surface area contributed by atoms with Gasteiger partial charge in [0.2, 0.25) is 0 Å². The summed E-state index contributed by atoms with van der Waals surface area (Å²) in [6, 6.07) is 5.62. The molecule has 0 radical (unpaired) electrons. The summed E-state index contributed by atoms with van der Waals surface area (Å²) in [5.74, 6) is -0.0512. The van der Waals surface area contributed by atoms with Crippen LogP contribution in [0.3, 0.4) is 0 Å². The summed E-state index contributed by atoms with van der Waals surface area (Å²) in [4.78, 5) is 14.2. The van der Waals surface area contributed by atoms with Gasteiger partial charge >= 0.3 is 0 Å². The van der Waals surface area contributed by atoms with E-state index in [0.29, 0.717) is 23.6 Å². The molecule has 3 nitrogen and oxygen atoms in total. The quantitative estimate of drug-likeness (QED) is 0.869. The lowest BCUT2D eigenvalue weighted by Crippen LogP contribution is -2.37. The molecule has 0 spiro atoms. The third-order valence-electron chi connectivity index (χ3n) is 2.30. The second-order valence-electron chi connectivity index (χ2n) is 3.80. The first-order valence-corrected chi connectivity index (χ1v) is 6.49. The highest BCUT2D eigenvalue weighted by atomic mass is 79.9. The van der Waals surface area contributed by atoms with E-state index in [2.05, 4.69) is 15.9 Å². The van der Waals surface area contributed by atoms with Crippen LogP contribution in [0, 0.1) is 6.92 Å². The third-order valence-corrected chi connectivity index (χ3v) is 2.89. The number of nitrogens with two attached hydrogens (primary N) is 1. The fourth-order valence-corrected chi connectivity index (χ4v) is 2.32. The summed E-state index contributed by atoms with van der Waals surface area (Å²) >= 11 is 8.22. The molecule has 2 N–H and O–H groups in total. The van der Waals surface area contributed by atoms with Crippen LogP contribution in [0.4, 0.5) is 0 Å². The highest BCUT2D eigenvalue weighted by Crippen LogP contribution is 2.16. The van der Waals surface area contributed by atoms with Crippen molar-refractivity contribution in [2.45, 2.75) is 13.8 Å². The van der Waals surface area contributed by atoms with E-state index < -0.39 is 0 Å². The van der Waals surface area contributed by atoms with Crippen LogP contribution in [0.25, 0.3) is 0 Å². The Morgan fingerprint density at radius 1 is 1.47 bits per heavy atom.